The number of methoxy groups -OCH3 is 2. The molecule has 1 aromatic heterocycles. The van der Waals surface area contributed by atoms with Gasteiger partial charge in [-0.2, -0.15) is 5.10 Å². The molecule has 0 radical (unpaired) electrons. The second-order valence-corrected chi connectivity index (χ2v) is 8.82. The van der Waals surface area contributed by atoms with Crippen molar-refractivity contribution in [1.82, 2.24) is 10.4 Å². The number of pyridine rings is 1. The number of aromatic nitrogens is 1. The number of hydrazone groups is 1. The average Bonchev–Trinajstić information content (AvgIpc) is 3.00. The lowest BCUT2D eigenvalue weighted by Crippen LogP contribution is -2.18. The van der Waals surface area contributed by atoms with E-state index in [9.17, 15) is 9.18 Å². The summed E-state index contributed by atoms with van der Waals surface area (Å²) in [7, 11) is 3.18. The number of para-hydroxylation sites is 1. The summed E-state index contributed by atoms with van der Waals surface area (Å²) >= 11 is 0. The van der Waals surface area contributed by atoms with Gasteiger partial charge in [-0.25, -0.2) is 14.8 Å². The quantitative estimate of drug-likeness (QED) is 0.174. The van der Waals surface area contributed by atoms with Crippen LogP contribution in [0.2, 0.25) is 0 Å². The molecule has 0 unspecified atom stereocenters. The van der Waals surface area contributed by atoms with Crippen LogP contribution in [0.15, 0.2) is 102 Å². The molecule has 0 atom stereocenters. The molecule has 0 saturated heterocycles. The van der Waals surface area contributed by atoms with Gasteiger partial charge < -0.3 is 14.2 Å². The molecule has 0 spiro atoms. The van der Waals surface area contributed by atoms with Crippen LogP contribution in [0.1, 0.15) is 21.5 Å². The van der Waals surface area contributed by atoms with Crippen LogP contribution in [0.25, 0.3) is 22.2 Å². The summed E-state index contributed by atoms with van der Waals surface area (Å²) in [6.45, 7) is 0.207. The first kappa shape index (κ1) is 26.4. The van der Waals surface area contributed by atoms with E-state index in [0.717, 1.165) is 16.7 Å². The molecule has 5 aromatic rings. The van der Waals surface area contributed by atoms with Gasteiger partial charge in [-0.05, 0) is 72.3 Å². The SMILES string of the molecule is COc1cccc(-c2cc(C(=O)NN=Cc3ccc(OC)c(COc4ccc(F)cc4)c3)c3ccccc3n2)c1. The first-order valence-electron chi connectivity index (χ1n) is 12.5. The summed E-state index contributed by atoms with van der Waals surface area (Å²) in [6.07, 6.45) is 1.55. The van der Waals surface area contributed by atoms with Gasteiger partial charge in [-0.15, -0.1) is 0 Å². The minimum absolute atomic E-state index is 0.207. The van der Waals surface area contributed by atoms with Gasteiger partial charge in [0.1, 0.15) is 29.7 Å². The molecule has 0 aliphatic heterocycles. The van der Waals surface area contributed by atoms with Crippen LogP contribution in [0, 0.1) is 5.82 Å². The highest BCUT2D eigenvalue weighted by molar-refractivity contribution is 6.07. The van der Waals surface area contributed by atoms with Gasteiger partial charge in [-0.1, -0.05) is 30.3 Å². The number of halogens is 1. The zero-order chi connectivity index (χ0) is 27.9. The standard InChI is InChI=1S/C32H26FN3O4/c1-38-26-7-5-6-22(17-26)30-18-28(27-8-3-4-9-29(27)35-30)32(37)36-34-19-21-10-15-31(39-2)23(16-21)20-40-25-13-11-24(33)12-14-25/h3-19H,20H2,1-2H3,(H,36,37). The van der Waals surface area contributed by atoms with Gasteiger partial charge in [0.25, 0.3) is 5.91 Å². The fraction of sp³-hybridized carbons (Fsp3) is 0.0938. The molecule has 7 nitrogen and oxygen atoms in total. The minimum Gasteiger partial charge on any atom is -0.497 e. The third-order valence-corrected chi connectivity index (χ3v) is 6.22. The van der Waals surface area contributed by atoms with Crippen molar-refractivity contribution < 1.29 is 23.4 Å². The van der Waals surface area contributed by atoms with E-state index in [2.05, 4.69) is 10.5 Å². The Balaban J connectivity index is 1.35. The molecule has 0 fully saturated rings. The van der Waals surface area contributed by atoms with Crippen molar-refractivity contribution in [3.63, 3.8) is 0 Å². The number of carbonyl (C=O) groups is 1. The molecule has 8 heteroatoms. The van der Waals surface area contributed by atoms with Crippen LogP contribution < -0.4 is 19.6 Å². The molecule has 0 saturated carbocycles. The van der Waals surface area contributed by atoms with Gasteiger partial charge in [-0.3, -0.25) is 4.79 Å². The van der Waals surface area contributed by atoms with E-state index in [1.807, 2.05) is 60.7 Å². The smallest absolute Gasteiger partial charge is 0.272 e. The van der Waals surface area contributed by atoms with Crippen molar-refractivity contribution in [2.75, 3.05) is 14.2 Å². The topological polar surface area (TPSA) is 82.0 Å². The summed E-state index contributed by atoms with van der Waals surface area (Å²) in [5.41, 5.74) is 6.75. The highest BCUT2D eigenvalue weighted by atomic mass is 19.1. The molecule has 0 aliphatic carbocycles. The molecule has 0 aliphatic rings. The van der Waals surface area contributed by atoms with E-state index < -0.39 is 0 Å². The predicted molar refractivity (Wildman–Crippen MR) is 153 cm³/mol. The summed E-state index contributed by atoms with van der Waals surface area (Å²) in [5, 5.41) is 4.91. The second kappa shape index (κ2) is 12.1. The van der Waals surface area contributed by atoms with Crippen molar-refractivity contribution in [2.24, 2.45) is 5.10 Å². The number of hydrogen-bond acceptors (Lipinski definition) is 6. The fourth-order valence-electron chi connectivity index (χ4n) is 4.20. The van der Waals surface area contributed by atoms with Crippen molar-refractivity contribution in [2.45, 2.75) is 6.61 Å². The van der Waals surface area contributed by atoms with Gasteiger partial charge >= 0.3 is 0 Å². The molecule has 1 amide bonds. The van der Waals surface area contributed by atoms with Crippen molar-refractivity contribution in [3.8, 4) is 28.5 Å². The van der Waals surface area contributed by atoms with Crippen LogP contribution in [0.5, 0.6) is 17.2 Å². The number of nitrogens with one attached hydrogen (secondary N) is 1. The van der Waals surface area contributed by atoms with Gasteiger partial charge in [0.2, 0.25) is 0 Å². The number of benzene rings is 4. The number of ether oxygens (including phenoxy) is 3. The van der Waals surface area contributed by atoms with E-state index in [-0.39, 0.29) is 18.3 Å². The average molecular weight is 536 g/mol. The molecule has 0 bridgehead atoms. The lowest BCUT2D eigenvalue weighted by molar-refractivity contribution is 0.0956. The Hall–Kier alpha value is -5.24. The molecular weight excluding hydrogens is 509 g/mol. The van der Waals surface area contributed by atoms with Crippen LogP contribution in [-0.2, 0) is 6.61 Å². The van der Waals surface area contributed by atoms with E-state index >= 15 is 0 Å². The Morgan fingerprint density at radius 3 is 2.52 bits per heavy atom. The third kappa shape index (κ3) is 6.07. The zero-order valence-electron chi connectivity index (χ0n) is 21.9. The number of carbonyl (C=O) groups excluding carboxylic acids is 1. The second-order valence-electron chi connectivity index (χ2n) is 8.82. The number of nitrogens with zero attached hydrogens (tertiary/aromatic N) is 2. The molecule has 5 rings (SSSR count). The lowest BCUT2D eigenvalue weighted by atomic mass is 10.0. The van der Waals surface area contributed by atoms with Gasteiger partial charge in [0.15, 0.2) is 0 Å². The van der Waals surface area contributed by atoms with Gasteiger partial charge in [0, 0.05) is 16.5 Å². The molecule has 1 heterocycles. The maximum atomic E-state index is 13.3. The van der Waals surface area contributed by atoms with Crippen LogP contribution in [0.4, 0.5) is 4.39 Å². The maximum Gasteiger partial charge on any atom is 0.272 e. The van der Waals surface area contributed by atoms with Crippen LogP contribution >= 0.6 is 0 Å². The highest BCUT2D eigenvalue weighted by Gasteiger charge is 2.14. The Kier molecular flexibility index (Phi) is 7.97. The lowest BCUT2D eigenvalue weighted by Gasteiger charge is -2.11. The van der Waals surface area contributed by atoms with E-state index in [4.69, 9.17) is 19.2 Å². The van der Waals surface area contributed by atoms with Crippen molar-refractivity contribution in [3.05, 3.63) is 120 Å². The number of hydrogen-bond donors (Lipinski definition) is 1. The maximum absolute atomic E-state index is 13.3. The molecule has 200 valence electrons. The van der Waals surface area contributed by atoms with E-state index in [1.165, 1.54) is 12.1 Å². The minimum atomic E-state index is -0.368. The molecule has 1 N–H and O–H groups in total. The Morgan fingerprint density at radius 1 is 0.900 bits per heavy atom. The Bertz CT molecular complexity index is 1690. The Labute approximate surface area is 230 Å². The van der Waals surface area contributed by atoms with E-state index in [0.29, 0.717) is 39.4 Å². The van der Waals surface area contributed by atoms with Crippen LogP contribution in [0.3, 0.4) is 0 Å². The number of fused-ring (bicyclic) bond motifs is 1. The normalized spacial score (nSPS) is 11.0. The highest BCUT2D eigenvalue weighted by Crippen LogP contribution is 2.27. The molecule has 40 heavy (non-hydrogen) atoms. The summed E-state index contributed by atoms with van der Waals surface area (Å²) in [5.74, 6) is 1.17. The first-order valence-corrected chi connectivity index (χ1v) is 12.5. The zero-order valence-corrected chi connectivity index (χ0v) is 21.9. The summed E-state index contributed by atoms with van der Waals surface area (Å²) < 4.78 is 29.7. The molecular formula is C32H26FN3O4. The van der Waals surface area contributed by atoms with Crippen molar-refractivity contribution in [1.29, 1.82) is 0 Å². The fourth-order valence-corrected chi connectivity index (χ4v) is 4.20. The van der Waals surface area contributed by atoms with Gasteiger partial charge in [0.05, 0.1) is 37.2 Å². The Morgan fingerprint density at radius 2 is 1.73 bits per heavy atom. The van der Waals surface area contributed by atoms with Crippen molar-refractivity contribution >= 4 is 23.0 Å². The van der Waals surface area contributed by atoms with E-state index in [1.54, 1.807) is 44.7 Å². The largest absolute Gasteiger partial charge is 0.497 e. The first-order chi connectivity index (χ1) is 19.5. The number of rotatable bonds is 9. The van der Waals surface area contributed by atoms with Crippen LogP contribution in [-0.4, -0.2) is 31.3 Å². The third-order valence-electron chi connectivity index (χ3n) is 6.22. The number of amides is 1. The predicted octanol–water partition coefficient (Wildman–Crippen LogP) is 6.40. The summed E-state index contributed by atoms with van der Waals surface area (Å²) in [4.78, 5) is 18.0. The monoisotopic (exact) mass is 535 g/mol. The summed E-state index contributed by atoms with van der Waals surface area (Å²) in [6, 6.07) is 28.0. The molecule has 4 aromatic carbocycles.